The van der Waals surface area contributed by atoms with Gasteiger partial charge in [0.2, 0.25) is 10.0 Å². The van der Waals surface area contributed by atoms with Gasteiger partial charge < -0.3 is 5.73 Å². The van der Waals surface area contributed by atoms with E-state index in [-0.39, 0.29) is 21.6 Å². The number of hydrogen-bond donors (Lipinski definition) is 2. The van der Waals surface area contributed by atoms with Gasteiger partial charge in [0, 0.05) is 12.2 Å². The summed E-state index contributed by atoms with van der Waals surface area (Å²) in [6.07, 6.45) is 4.33. The summed E-state index contributed by atoms with van der Waals surface area (Å²) in [6, 6.07) is 3.01. The summed E-state index contributed by atoms with van der Waals surface area (Å²) in [5, 5.41) is 0. The van der Waals surface area contributed by atoms with Crippen LogP contribution in [0.2, 0.25) is 0 Å². The number of nitrogens with two attached hydrogens (primary N) is 1. The number of pyridine rings is 1. The zero-order valence-electron chi connectivity index (χ0n) is 12.2. The summed E-state index contributed by atoms with van der Waals surface area (Å²) in [6.45, 7) is 4.31. The molecule has 2 unspecified atom stereocenters. The number of thiocarbonyl (C=S) groups is 1. The molecule has 0 aromatic carbocycles. The Labute approximate surface area is 131 Å². The van der Waals surface area contributed by atoms with Gasteiger partial charge in [-0.2, -0.15) is 0 Å². The van der Waals surface area contributed by atoms with Crippen molar-refractivity contribution in [2.24, 2.45) is 17.6 Å². The monoisotopic (exact) mass is 327 g/mol. The molecule has 3 N–H and O–H groups in total. The lowest BCUT2D eigenvalue weighted by Crippen LogP contribution is -2.40. The highest BCUT2D eigenvalue weighted by molar-refractivity contribution is 7.89. The Morgan fingerprint density at radius 1 is 1.33 bits per heavy atom. The van der Waals surface area contributed by atoms with Crippen LogP contribution in [0.25, 0.3) is 0 Å². The molecule has 21 heavy (non-hydrogen) atoms. The normalized spacial score (nSPS) is 26.5. The molecule has 7 heteroatoms. The summed E-state index contributed by atoms with van der Waals surface area (Å²) < 4.78 is 27.9. The Morgan fingerprint density at radius 2 is 1.95 bits per heavy atom. The van der Waals surface area contributed by atoms with E-state index in [1.165, 1.54) is 12.3 Å². The van der Waals surface area contributed by atoms with Crippen LogP contribution in [0.15, 0.2) is 23.2 Å². The van der Waals surface area contributed by atoms with E-state index in [1.807, 2.05) is 0 Å². The lowest BCUT2D eigenvalue weighted by Gasteiger charge is -2.31. The second-order valence-corrected chi connectivity index (χ2v) is 8.07. The fourth-order valence-electron chi connectivity index (χ4n) is 3.12. The van der Waals surface area contributed by atoms with E-state index in [0.717, 1.165) is 19.3 Å². The third-order valence-corrected chi connectivity index (χ3v) is 5.54. The highest BCUT2D eigenvalue weighted by Crippen LogP contribution is 2.29. The van der Waals surface area contributed by atoms with Gasteiger partial charge in [-0.3, -0.25) is 4.98 Å². The summed E-state index contributed by atoms with van der Waals surface area (Å²) in [4.78, 5) is 4.03. The quantitative estimate of drug-likeness (QED) is 0.824. The Morgan fingerprint density at radius 3 is 2.52 bits per heavy atom. The Hall–Kier alpha value is -1.05. The summed E-state index contributed by atoms with van der Waals surface area (Å²) >= 11 is 4.88. The Balaban J connectivity index is 2.25. The summed E-state index contributed by atoms with van der Waals surface area (Å²) in [5.41, 5.74) is 5.72. The highest BCUT2D eigenvalue weighted by atomic mass is 32.2. The van der Waals surface area contributed by atoms with Crippen molar-refractivity contribution < 1.29 is 8.42 Å². The van der Waals surface area contributed by atoms with Crippen LogP contribution in [0.5, 0.6) is 0 Å². The van der Waals surface area contributed by atoms with E-state index in [4.69, 9.17) is 18.0 Å². The van der Waals surface area contributed by atoms with Crippen LogP contribution in [0.3, 0.4) is 0 Å². The third kappa shape index (κ3) is 3.99. The molecular weight excluding hydrogens is 306 g/mol. The standard InChI is InChI=1S/C14H21N3O2S2/c1-9-6-10(2)8-11(7-9)17-21(18,19)12-4-3-5-16-13(12)14(15)20/h3-5,9-11,17H,6-8H2,1-2H3,(H2,15,20). The van der Waals surface area contributed by atoms with Gasteiger partial charge in [-0.05, 0) is 43.2 Å². The molecule has 5 nitrogen and oxygen atoms in total. The average Bonchev–Trinajstić information content (AvgIpc) is 2.36. The molecule has 0 saturated heterocycles. The molecule has 0 amide bonds. The third-order valence-electron chi connectivity index (χ3n) is 3.79. The molecule has 0 bridgehead atoms. The van der Waals surface area contributed by atoms with Crippen LogP contribution in [0.1, 0.15) is 38.8 Å². The number of nitrogens with zero attached hydrogens (tertiary/aromatic N) is 1. The van der Waals surface area contributed by atoms with Crippen molar-refractivity contribution in [3.05, 3.63) is 24.0 Å². The van der Waals surface area contributed by atoms with E-state index in [0.29, 0.717) is 11.8 Å². The first kappa shape index (κ1) is 16.3. The van der Waals surface area contributed by atoms with E-state index < -0.39 is 10.0 Å². The van der Waals surface area contributed by atoms with Crippen LogP contribution in [-0.2, 0) is 10.0 Å². The van der Waals surface area contributed by atoms with Gasteiger partial charge in [0.05, 0.1) is 0 Å². The molecule has 1 saturated carbocycles. The number of sulfonamides is 1. The largest absolute Gasteiger partial charge is 0.388 e. The minimum Gasteiger partial charge on any atom is -0.388 e. The van der Waals surface area contributed by atoms with Crippen molar-refractivity contribution >= 4 is 27.2 Å². The maximum absolute atomic E-state index is 12.6. The molecule has 1 aliphatic carbocycles. The number of hydrogen-bond acceptors (Lipinski definition) is 4. The molecule has 0 spiro atoms. The van der Waals surface area contributed by atoms with Gasteiger partial charge in [0.15, 0.2) is 0 Å². The molecule has 116 valence electrons. The Bertz CT molecular complexity index is 621. The van der Waals surface area contributed by atoms with E-state index in [1.54, 1.807) is 6.07 Å². The second-order valence-electron chi connectivity index (χ2n) is 5.95. The molecule has 1 fully saturated rings. The Kier molecular flexibility index (Phi) is 4.95. The van der Waals surface area contributed by atoms with Crippen molar-refractivity contribution in [3.8, 4) is 0 Å². The second kappa shape index (κ2) is 6.37. The van der Waals surface area contributed by atoms with Gasteiger partial charge in [-0.25, -0.2) is 13.1 Å². The van der Waals surface area contributed by atoms with E-state index >= 15 is 0 Å². The van der Waals surface area contributed by atoms with Gasteiger partial charge in [0.25, 0.3) is 0 Å². The summed E-state index contributed by atoms with van der Waals surface area (Å²) in [7, 11) is -3.66. The molecule has 1 aromatic rings. The van der Waals surface area contributed by atoms with Gasteiger partial charge in [-0.15, -0.1) is 0 Å². The first-order chi connectivity index (χ1) is 9.79. The average molecular weight is 327 g/mol. The molecule has 1 aromatic heterocycles. The number of nitrogens with one attached hydrogen (secondary N) is 1. The SMILES string of the molecule is CC1CC(C)CC(NS(=O)(=O)c2cccnc2C(N)=S)C1. The maximum atomic E-state index is 12.6. The lowest BCUT2D eigenvalue weighted by atomic mass is 9.81. The molecular formula is C14H21N3O2S2. The molecule has 0 aliphatic heterocycles. The molecule has 1 heterocycles. The van der Waals surface area contributed by atoms with Gasteiger partial charge in [-0.1, -0.05) is 26.1 Å². The predicted molar refractivity (Wildman–Crippen MR) is 86.4 cm³/mol. The van der Waals surface area contributed by atoms with Gasteiger partial charge in [0.1, 0.15) is 15.6 Å². The predicted octanol–water partition coefficient (Wildman–Crippen LogP) is 1.82. The van der Waals surface area contributed by atoms with Crippen molar-refractivity contribution in [3.63, 3.8) is 0 Å². The molecule has 2 atom stereocenters. The minimum atomic E-state index is -3.66. The number of aromatic nitrogens is 1. The number of rotatable bonds is 4. The van der Waals surface area contributed by atoms with Crippen molar-refractivity contribution in [2.75, 3.05) is 0 Å². The highest BCUT2D eigenvalue weighted by Gasteiger charge is 2.29. The van der Waals surface area contributed by atoms with Gasteiger partial charge >= 0.3 is 0 Å². The molecule has 1 aliphatic rings. The first-order valence-corrected chi connectivity index (χ1v) is 8.96. The molecule has 0 radical (unpaired) electrons. The van der Waals surface area contributed by atoms with Crippen molar-refractivity contribution in [1.82, 2.24) is 9.71 Å². The lowest BCUT2D eigenvalue weighted by molar-refractivity contribution is 0.257. The fraction of sp³-hybridized carbons (Fsp3) is 0.571. The zero-order valence-corrected chi connectivity index (χ0v) is 13.9. The zero-order chi connectivity index (χ0) is 15.6. The van der Waals surface area contributed by atoms with Crippen LogP contribution >= 0.6 is 12.2 Å². The van der Waals surface area contributed by atoms with E-state index in [9.17, 15) is 8.42 Å². The maximum Gasteiger partial charge on any atom is 0.243 e. The van der Waals surface area contributed by atoms with Crippen LogP contribution < -0.4 is 10.5 Å². The van der Waals surface area contributed by atoms with Crippen molar-refractivity contribution in [1.29, 1.82) is 0 Å². The van der Waals surface area contributed by atoms with E-state index in [2.05, 4.69) is 23.6 Å². The minimum absolute atomic E-state index is 0.0126. The topological polar surface area (TPSA) is 85.1 Å². The molecule has 2 rings (SSSR count). The van der Waals surface area contributed by atoms with Crippen LogP contribution in [0.4, 0.5) is 0 Å². The van der Waals surface area contributed by atoms with Crippen LogP contribution in [0, 0.1) is 11.8 Å². The fourth-order valence-corrected chi connectivity index (χ4v) is 4.78. The summed E-state index contributed by atoms with van der Waals surface area (Å²) in [5.74, 6) is 1.04. The first-order valence-electron chi connectivity index (χ1n) is 7.06. The van der Waals surface area contributed by atoms with Crippen molar-refractivity contribution in [2.45, 2.75) is 44.0 Å². The van der Waals surface area contributed by atoms with Crippen LogP contribution in [-0.4, -0.2) is 24.4 Å². The smallest absolute Gasteiger partial charge is 0.243 e.